The first-order valence-corrected chi connectivity index (χ1v) is 5.83. The second-order valence-corrected chi connectivity index (χ2v) is 4.14. The fraction of sp³-hybridized carbons (Fsp3) is 0.231. The Kier molecular flexibility index (Phi) is 3.50. The standard InChI is InChI=1S/C13H14FN3O2/c1-3-11-9(7-17(2)16-11)13(19)15-8-4-5-12(18)10(14)6-8/h4-7,18H,3H2,1-2H3,(H,15,19). The van der Waals surface area contributed by atoms with Gasteiger partial charge in [0.25, 0.3) is 5.91 Å². The van der Waals surface area contributed by atoms with Crippen molar-refractivity contribution in [2.45, 2.75) is 13.3 Å². The highest BCUT2D eigenvalue weighted by atomic mass is 19.1. The molecule has 0 radical (unpaired) electrons. The predicted octanol–water partition coefficient (Wildman–Crippen LogP) is 2.08. The lowest BCUT2D eigenvalue weighted by molar-refractivity contribution is 0.102. The number of nitrogens with zero attached hydrogens (tertiary/aromatic N) is 2. The van der Waals surface area contributed by atoms with Crippen LogP contribution in [0.4, 0.5) is 10.1 Å². The maximum absolute atomic E-state index is 13.2. The van der Waals surface area contributed by atoms with Crippen molar-refractivity contribution in [1.82, 2.24) is 9.78 Å². The molecule has 1 heterocycles. The van der Waals surface area contributed by atoms with Gasteiger partial charge in [0, 0.05) is 25.0 Å². The van der Waals surface area contributed by atoms with Gasteiger partial charge in [-0.05, 0) is 18.6 Å². The number of anilines is 1. The van der Waals surface area contributed by atoms with Crippen molar-refractivity contribution in [3.63, 3.8) is 0 Å². The smallest absolute Gasteiger partial charge is 0.259 e. The van der Waals surface area contributed by atoms with Crippen molar-refractivity contribution in [2.75, 3.05) is 5.32 Å². The lowest BCUT2D eigenvalue weighted by Crippen LogP contribution is -2.13. The molecule has 1 aromatic carbocycles. The van der Waals surface area contributed by atoms with Gasteiger partial charge in [-0.1, -0.05) is 6.92 Å². The first-order chi connectivity index (χ1) is 9.01. The molecule has 0 aliphatic carbocycles. The van der Waals surface area contributed by atoms with Crippen LogP contribution in [0, 0.1) is 5.82 Å². The summed E-state index contributed by atoms with van der Waals surface area (Å²) in [5, 5.41) is 15.8. The third kappa shape index (κ3) is 2.73. The van der Waals surface area contributed by atoms with E-state index in [9.17, 15) is 9.18 Å². The Labute approximate surface area is 109 Å². The molecule has 0 unspecified atom stereocenters. The minimum atomic E-state index is -0.778. The fourth-order valence-electron chi connectivity index (χ4n) is 1.77. The second-order valence-electron chi connectivity index (χ2n) is 4.14. The van der Waals surface area contributed by atoms with Crippen LogP contribution in [0.3, 0.4) is 0 Å². The average molecular weight is 263 g/mol. The van der Waals surface area contributed by atoms with E-state index >= 15 is 0 Å². The average Bonchev–Trinajstić information content (AvgIpc) is 2.75. The van der Waals surface area contributed by atoms with Crippen LogP contribution in [0.5, 0.6) is 5.75 Å². The lowest BCUT2D eigenvalue weighted by atomic mass is 10.2. The lowest BCUT2D eigenvalue weighted by Gasteiger charge is -2.05. The zero-order valence-electron chi connectivity index (χ0n) is 10.6. The Morgan fingerprint density at radius 2 is 2.26 bits per heavy atom. The largest absolute Gasteiger partial charge is 0.505 e. The van der Waals surface area contributed by atoms with Crippen LogP contribution >= 0.6 is 0 Å². The molecule has 1 amide bonds. The molecule has 2 aromatic rings. The fourth-order valence-corrected chi connectivity index (χ4v) is 1.77. The molecule has 0 atom stereocenters. The predicted molar refractivity (Wildman–Crippen MR) is 68.6 cm³/mol. The van der Waals surface area contributed by atoms with Crippen molar-refractivity contribution in [3.05, 3.63) is 41.5 Å². The minimum Gasteiger partial charge on any atom is -0.505 e. The van der Waals surface area contributed by atoms with Gasteiger partial charge < -0.3 is 10.4 Å². The van der Waals surface area contributed by atoms with Crippen molar-refractivity contribution < 1.29 is 14.3 Å². The Morgan fingerprint density at radius 3 is 2.89 bits per heavy atom. The van der Waals surface area contributed by atoms with Crippen molar-refractivity contribution in [1.29, 1.82) is 0 Å². The van der Waals surface area contributed by atoms with Gasteiger partial charge in [0.05, 0.1) is 11.3 Å². The number of aromatic hydroxyl groups is 1. The van der Waals surface area contributed by atoms with Crippen LogP contribution < -0.4 is 5.32 Å². The zero-order valence-corrected chi connectivity index (χ0v) is 10.6. The molecule has 0 aliphatic heterocycles. The molecule has 0 fully saturated rings. The molecule has 0 spiro atoms. The van der Waals surface area contributed by atoms with Crippen LogP contribution in [0.25, 0.3) is 0 Å². The summed E-state index contributed by atoms with van der Waals surface area (Å²) in [6, 6.07) is 3.68. The highest BCUT2D eigenvalue weighted by Crippen LogP contribution is 2.20. The topological polar surface area (TPSA) is 67.2 Å². The van der Waals surface area contributed by atoms with Crippen LogP contribution in [-0.4, -0.2) is 20.8 Å². The van der Waals surface area contributed by atoms with Gasteiger partial charge in [-0.3, -0.25) is 9.48 Å². The summed E-state index contributed by atoms with van der Waals surface area (Å²) in [4.78, 5) is 12.1. The molecule has 0 bridgehead atoms. The number of carbonyl (C=O) groups is 1. The molecule has 6 heteroatoms. The van der Waals surface area contributed by atoms with Crippen molar-refractivity contribution in [3.8, 4) is 5.75 Å². The molecule has 2 N–H and O–H groups in total. The van der Waals surface area contributed by atoms with Crippen LogP contribution in [-0.2, 0) is 13.5 Å². The third-order valence-corrected chi connectivity index (χ3v) is 2.69. The van der Waals surface area contributed by atoms with E-state index < -0.39 is 11.6 Å². The van der Waals surface area contributed by atoms with E-state index in [0.29, 0.717) is 17.7 Å². The first kappa shape index (κ1) is 13.1. The van der Waals surface area contributed by atoms with Gasteiger partial charge in [0.15, 0.2) is 11.6 Å². The van der Waals surface area contributed by atoms with Gasteiger partial charge in [-0.2, -0.15) is 5.10 Å². The number of benzene rings is 1. The maximum Gasteiger partial charge on any atom is 0.259 e. The van der Waals surface area contributed by atoms with Gasteiger partial charge in [0.1, 0.15) is 0 Å². The quantitative estimate of drug-likeness (QED) is 0.833. The molecule has 19 heavy (non-hydrogen) atoms. The number of carbonyl (C=O) groups excluding carboxylic acids is 1. The number of rotatable bonds is 3. The Balaban J connectivity index is 2.22. The van der Waals surface area contributed by atoms with Crippen LogP contribution in [0.1, 0.15) is 23.0 Å². The molecule has 100 valence electrons. The molecule has 1 aromatic heterocycles. The Bertz CT molecular complexity index is 622. The normalized spacial score (nSPS) is 10.5. The molecule has 5 nitrogen and oxygen atoms in total. The molecular formula is C13H14FN3O2. The van der Waals surface area contributed by atoms with E-state index in [0.717, 1.165) is 6.07 Å². The molecular weight excluding hydrogens is 249 g/mol. The van der Waals surface area contributed by atoms with E-state index in [4.69, 9.17) is 5.11 Å². The summed E-state index contributed by atoms with van der Waals surface area (Å²) in [7, 11) is 1.73. The first-order valence-electron chi connectivity index (χ1n) is 5.83. The highest BCUT2D eigenvalue weighted by molar-refractivity contribution is 6.04. The Morgan fingerprint density at radius 1 is 1.53 bits per heavy atom. The zero-order chi connectivity index (χ0) is 14.0. The molecule has 0 saturated heterocycles. The highest BCUT2D eigenvalue weighted by Gasteiger charge is 2.15. The monoisotopic (exact) mass is 263 g/mol. The number of phenols is 1. The summed E-state index contributed by atoms with van der Waals surface area (Å²) in [5.74, 6) is -1.58. The number of amides is 1. The summed E-state index contributed by atoms with van der Waals surface area (Å²) in [5.41, 5.74) is 1.42. The van der Waals surface area contributed by atoms with Crippen LogP contribution in [0.15, 0.2) is 24.4 Å². The van der Waals surface area contributed by atoms with Gasteiger partial charge in [0.2, 0.25) is 0 Å². The SMILES string of the molecule is CCc1nn(C)cc1C(=O)Nc1ccc(O)c(F)c1. The van der Waals surface area contributed by atoms with E-state index in [2.05, 4.69) is 10.4 Å². The van der Waals surface area contributed by atoms with Gasteiger partial charge in [-0.25, -0.2) is 4.39 Å². The summed E-state index contributed by atoms with van der Waals surface area (Å²) < 4.78 is 14.7. The van der Waals surface area contributed by atoms with Gasteiger partial charge in [-0.15, -0.1) is 0 Å². The maximum atomic E-state index is 13.2. The van der Waals surface area contributed by atoms with E-state index in [1.807, 2.05) is 6.92 Å². The van der Waals surface area contributed by atoms with E-state index in [1.165, 1.54) is 12.1 Å². The molecule has 2 rings (SSSR count). The number of phenolic OH excluding ortho intramolecular Hbond substituents is 1. The number of hydrogen-bond donors (Lipinski definition) is 2. The number of nitrogens with one attached hydrogen (secondary N) is 1. The number of aryl methyl sites for hydroxylation is 2. The number of aromatic nitrogens is 2. The number of halogens is 1. The summed E-state index contributed by atoms with van der Waals surface area (Å²) >= 11 is 0. The summed E-state index contributed by atoms with van der Waals surface area (Å²) in [6.07, 6.45) is 2.25. The van der Waals surface area contributed by atoms with Crippen LogP contribution in [0.2, 0.25) is 0 Å². The van der Waals surface area contributed by atoms with Gasteiger partial charge >= 0.3 is 0 Å². The van der Waals surface area contributed by atoms with Crippen molar-refractivity contribution in [2.24, 2.45) is 7.05 Å². The number of hydrogen-bond acceptors (Lipinski definition) is 3. The summed E-state index contributed by atoms with van der Waals surface area (Å²) in [6.45, 7) is 1.90. The Hall–Kier alpha value is -2.37. The second kappa shape index (κ2) is 5.09. The third-order valence-electron chi connectivity index (χ3n) is 2.69. The van der Waals surface area contributed by atoms with E-state index in [-0.39, 0.29) is 11.6 Å². The minimum absolute atomic E-state index is 0.284. The molecule has 0 aliphatic rings. The van der Waals surface area contributed by atoms with Crippen molar-refractivity contribution >= 4 is 11.6 Å². The molecule has 0 saturated carbocycles. The van der Waals surface area contributed by atoms with E-state index in [1.54, 1.807) is 17.9 Å².